The molecule has 0 spiro atoms. The van der Waals surface area contributed by atoms with Crippen molar-refractivity contribution in [3.63, 3.8) is 0 Å². The maximum absolute atomic E-state index is 11.9. The number of esters is 1. The first-order valence-electron chi connectivity index (χ1n) is 6.73. The maximum Gasteiger partial charge on any atom is 0.338 e. The van der Waals surface area contributed by atoms with Crippen molar-refractivity contribution in [3.8, 4) is 5.75 Å². The molecule has 6 heteroatoms. The number of rotatable bonds is 5. The number of ether oxygens (including phenoxy) is 2. The third-order valence-corrected chi connectivity index (χ3v) is 2.32. The van der Waals surface area contributed by atoms with E-state index in [1.165, 1.54) is 12.1 Å². The van der Waals surface area contributed by atoms with E-state index in [1.807, 2.05) is 27.7 Å². The highest BCUT2D eigenvalue weighted by Gasteiger charge is 2.16. The Labute approximate surface area is 124 Å². The van der Waals surface area contributed by atoms with Crippen LogP contribution in [-0.2, 0) is 9.53 Å². The molecule has 3 N–H and O–H groups in total. The summed E-state index contributed by atoms with van der Waals surface area (Å²) in [7, 11) is 0. The van der Waals surface area contributed by atoms with E-state index >= 15 is 0 Å². The molecule has 1 amide bonds. The van der Waals surface area contributed by atoms with Gasteiger partial charge in [0, 0.05) is 17.3 Å². The summed E-state index contributed by atoms with van der Waals surface area (Å²) in [4.78, 5) is 23.5. The van der Waals surface area contributed by atoms with E-state index in [1.54, 1.807) is 6.07 Å². The molecule has 0 saturated heterocycles. The van der Waals surface area contributed by atoms with Gasteiger partial charge in [-0.15, -0.1) is 0 Å². The molecule has 0 aromatic heterocycles. The van der Waals surface area contributed by atoms with Crippen LogP contribution in [0.1, 0.15) is 38.1 Å². The molecule has 21 heavy (non-hydrogen) atoms. The highest BCUT2D eigenvalue weighted by Crippen LogP contribution is 2.19. The number of benzene rings is 1. The van der Waals surface area contributed by atoms with Crippen LogP contribution in [0.25, 0.3) is 0 Å². The molecule has 0 heterocycles. The van der Waals surface area contributed by atoms with Gasteiger partial charge in [0.05, 0.1) is 12.2 Å². The summed E-state index contributed by atoms with van der Waals surface area (Å²) >= 11 is 0. The number of hydrogen-bond acceptors (Lipinski definition) is 5. The molecule has 0 fully saturated rings. The fraction of sp³-hybridized carbons (Fsp3) is 0.467. The van der Waals surface area contributed by atoms with Crippen LogP contribution >= 0.6 is 0 Å². The Kier molecular flexibility index (Phi) is 5.58. The topological polar surface area (TPSA) is 90.7 Å². The van der Waals surface area contributed by atoms with Gasteiger partial charge in [-0.05, 0) is 39.8 Å². The monoisotopic (exact) mass is 294 g/mol. The van der Waals surface area contributed by atoms with E-state index in [4.69, 9.17) is 15.2 Å². The number of hydrogen-bond donors (Lipinski definition) is 2. The van der Waals surface area contributed by atoms with Gasteiger partial charge < -0.3 is 20.5 Å². The lowest BCUT2D eigenvalue weighted by atomic mass is 10.1. The average molecular weight is 294 g/mol. The number of nitrogen functional groups attached to an aromatic ring is 1. The molecule has 1 aromatic carbocycles. The van der Waals surface area contributed by atoms with Crippen molar-refractivity contribution in [1.82, 2.24) is 5.32 Å². The molecule has 1 aromatic rings. The Morgan fingerprint density at radius 3 is 2.48 bits per heavy atom. The molecule has 0 aliphatic carbocycles. The van der Waals surface area contributed by atoms with Crippen LogP contribution in [0.4, 0.5) is 5.69 Å². The van der Waals surface area contributed by atoms with Crippen molar-refractivity contribution in [2.45, 2.75) is 33.2 Å². The van der Waals surface area contributed by atoms with E-state index in [-0.39, 0.29) is 23.6 Å². The molecular formula is C15H22N2O4. The Bertz CT molecular complexity index is 521. The summed E-state index contributed by atoms with van der Waals surface area (Å²) in [5.41, 5.74) is 5.97. The number of nitrogens with two attached hydrogens (primary N) is 1. The standard InChI is InChI=1S/C15H22N2O4/c1-5-20-12-7-10(6-11(16)8-12)14(19)21-9-13(18)17-15(2,3)4/h6-8H,5,9,16H2,1-4H3,(H,17,18). The van der Waals surface area contributed by atoms with E-state index in [2.05, 4.69) is 5.32 Å². The molecule has 0 saturated carbocycles. The van der Waals surface area contributed by atoms with Crippen LogP contribution < -0.4 is 15.8 Å². The largest absolute Gasteiger partial charge is 0.494 e. The second-order valence-electron chi connectivity index (χ2n) is 5.60. The van der Waals surface area contributed by atoms with Crippen LogP contribution in [0.3, 0.4) is 0 Å². The Balaban J connectivity index is 2.65. The zero-order valence-corrected chi connectivity index (χ0v) is 12.9. The van der Waals surface area contributed by atoms with Gasteiger partial charge in [0.2, 0.25) is 0 Å². The molecule has 0 unspecified atom stereocenters. The molecular weight excluding hydrogens is 272 g/mol. The van der Waals surface area contributed by atoms with Crippen molar-refractivity contribution in [2.24, 2.45) is 0 Å². The molecule has 116 valence electrons. The molecule has 0 atom stereocenters. The van der Waals surface area contributed by atoms with Crippen molar-refractivity contribution in [2.75, 3.05) is 18.9 Å². The first-order valence-corrected chi connectivity index (χ1v) is 6.73. The van der Waals surface area contributed by atoms with E-state index < -0.39 is 5.97 Å². The number of carbonyl (C=O) groups excluding carboxylic acids is 2. The second kappa shape index (κ2) is 6.97. The molecule has 0 aliphatic rings. The Hall–Kier alpha value is -2.24. The Morgan fingerprint density at radius 2 is 1.90 bits per heavy atom. The van der Waals surface area contributed by atoms with Gasteiger partial charge in [-0.3, -0.25) is 4.79 Å². The fourth-order valence-corrected chi connectivity index (χ4v) is 1.66. The smallest absolute Gasteiger partial charge is 0.338 e. The van der Waals surface area contributed by atoms with E-state index in [0.717, 1.165) is 0 Å². The predicted octanol–water partition coefficient (Wildman–Crippen LogP) is 1.74. The van der Waals surface area contributed by atoms with Crippen molar-refractivity contribution < 1.29 is 19.1 Å². The summed E-state index contributed by atoms with van der Waals surface area (Å²) in [5, 5.41) is 2.70. The number of nitrogens with one attached hydrogen (secondary N) is 1. The van der Waals surface area contributed by atoms with Crippen LogP contribution in [0.15, 0.2) is 18.2 Å². The molecule has 1 rings (SSSR count). The summed E-state index contributed by atoms with van der Waals surface area (Å²) in [6, 6.07) is 4.63. The van der Waals surface area contributed by atoms with Crippen molar-refractivity contribution in [3.05, 3.63) is 23.8 Å². The summed E-state index contributed by atoms with van der Waals surface area (Å²) in [6.07, 6.45) is 0. The number of carbonyl (C=O) groups is 2. The van der Waals surface area contributed by atoms with Gasteiger partial charge in [0.1, 0.15) is 5.75 Å². The highest BCUT2D eigenvalue weighted by atomic mass is 16.5. The minimum atomic E-state index is -0.618. The average Bonchev–Trinajstić information content (AvgIpc) is 2.33. The van der Waals surface area contributed by atoms with Gasteiger partial charge in [-0.1, -0.05) is 0 Å². The summed E-state index contributed by atoms with van der Waals surface area (Å²) < 4.78 is 10.3. The van der Waals surface area contributed by atoms with Crippen molar-refractivity contribution in [1.29, 1.82) is 0 Å². The SMILES string of the molecule is CCOc1cc(N)cc(C(=O)OCC(=O)NC(C)(C)C)c1. The quantitative estimate of drug-likeness (QED) is 0.637. The molecule has 0 bridgehead atoms. The summed E-state index contributed by atoms with van der Waals surface area (Å²) in [5.74, 6) is -0.485. The van der Waals surface area contributed by atoms with Gasteiger partial charge in [-0.2, -0.15) is 0 Å². The molecule has 0 aliphatic heterocycles. The van der Waals surface area contributed by atoms with Crippen molar-refractivity contribution >= 4 is 17.6 Å². The van der Waals surface area contributed by atoms with Gasteiger partial charge in [0.25, 0.3) is 5.91 Å². The third kappa shape index (κ3) is 6.16. The summed E-state index contributed by atoms with van der Waals surface area (Å²) in [6.45, 7) is 7.50. The first kappa shape index (κ1) is 16.8. The Morgan fingerprint density at radius 1 is 1.24 bits per heavy atom. The number of anilines is 1. The van der Waals surface area contributed by atoms with Crippen LogP contribution in [0, 0.1) is 0 Å². The molecule has 0 radical (unpaired) electrons. The van der Waals surface area contributed by atoms with Crippen LogP contribution in [0.5, 0.6) is 5.75 Å². The zero-order valence-electron chi connectivity index (χ0n) is 12.9. The van der Waals surface area contributed by atoms with Gasteiger partial charge in [0.15, 0.2) is 6.61 Å². The van der Waals surface area contributed by atoms with Crippen LogP contribution in [0.2, 0.25) is 0 Å². The third-order valence-electron chi connectivity index (χ3n) is 2.32. The normalized spacial score (nSPS) is 10.9. The molecule has 6 nitrogen and oxygen atoms in total. The van der Waals surface area contributed by atoms with Gasteiger partial charge in [-0.25, -0.2) is 4.79 Å². The minimum Gasteiger partial charge on any atom is -0.494 e. The first-order chi connectivity index (χ1) is 9.71. The minimum absolute atomic E-state index is 0.252. The predicted molar refractivity (Wildman–Crippen MR) is 80.2 cm³/mol. The van der Waals surface area contributed by atoms with E-state index in [0.29, 0.717) is 18.0 Å². The number of amides is 1. The van der Waals surface area contributed by atoms with E-state index in [9.17, 15) is 9.59 Å². The maximum atomic E-state index is 11.9. The lowest BCUT2D eigenvalue weighted by Gasteiger charge is -2.20. The zero-order chi connectivity index (χ0) is 16.0. The van der Waals surface area contributed by atoms with Gasteiger partial charge >= 0.3 is 5.97 Å². The highest BCUT2D eigenvalue weighted by molar-refractivity contribution is 5.92. The lowest BCUT2D eigenvalue weighted by Crippen LogP contribution is -2.42. The van der Waals surface area contributed by atoms with Crippen LogP contribution in [-0.4, -0.2) is 30.6 Å². The lowest BCUT2D eigenvalue weighted by molar-refractivity contribution is -0.125. The second-order valence-corrected chi connectivity index (χ2v) is 5.60. The fourth-order valence-electron chi connectivity index (χ4n) is 1.66.